The third-order valence-electron chi connectivity index (χ3n) is 2.90. The van der Waals surface area contributed by atoms with E-state index in [1.807, 2.05) is 19.1 Å². The minimum Gasteiger partial charge on any atom is -0.439 e. The Hall–Kier alpha value is -2.10. The van der Waals surface area contributed by atoms with E-state index in [-0.39, 0.29) is 5.95 Å². The van der Waals surface area contributed by atoms with Crippen molar-refractivity contribution in [3.8, 4) is 11.6 Å². The number of hydrogen-bond acceptors (Lipinski definition) is 4. The summed E-state index contributed by atoms with van der Waals surface area (Å²) >= 11 is 0. The number of benzene rings is 1. The standard InChI is InChI=1S/C15H19N3O/c1-3-4-5-12-6-8-13(9-7-12)19-14-11(2)10-17-15(16)18-14/h6-10H,3-5H2,1-2H3,(H2,16,17,18). The summed E-state index contributed by atoms with van der Waals surface area (Å²) in [5.41, 5.74) is 7.75. The number of unbranched alkanes of at least 4 members (excludes halogenated alkanes) is 1. The molecule has 0 saturated heterocycles. The van der Waals surface area contributed by atoms with Crippen LogP contribution in [0.25, 0.3) is 0 Å². The lowest BCUT2D eigenvalue weighted by Crippen LogP contribution is -1.98. The average molecular weight is 257 g/mol. The molecule has 2 N–H and O–H groups in total. The van der Waals surface area contributed by atoms with E-state index >= 15 is 0 Å². The molecule has 2 rings (SSSR count). The van der Waals surface area contributed by atoms with Gasteiger partial charge in [-0.3, -0.25) is 0 Å². The van der Waals surface area contributed by atoms with E-state index in [2.05, 4.69) is 29.0 Å². The monoisotopic (exact) mass is 257 g/mol. The van der Waals surface area contributed by atoms with Crippen LogP contribution in [-0.4, -0.2) is 9.97 Å². The Kier molecular flexibility index (Phi) is 4.34. The van der Waals surface area contributed by atoms with Gasteiger partial charge in [0.05, 0.1) is 0 Å². The van der Waals surface area contributed by atoms with E-state index in [9.17, 15) is 0 Å². The number of aromatic nitrogens is 2. The number of ether oxygens (including phenoxy) is 1. The van der Waals surface area contributed by atoms with Crippen LogP contribution in [0, 0.1) is 6.92 Å². The molecule has 1 heterocycles. The van der Waals surface area contributed by atoms with Crippen LogP contribution in [0.1, 0.15) is 30.9 Å². The molecule has 2 aromatic rings. The van der Waals surface area contributed by atoms with Gasteiger partial charge in [0.25, 0.3) is 0 Å². The first-order valence-corrected chi connectivity index (χ1v) is 6.55. The molecule has 4 heteroatoms. The first-order valence-electron chi connectivity index (χ1n) is 6.55. The summed E-state index contributed by atoms with van der Waals surface area (Å²) in [5.74, 6) is 1.50. The Morgan fingerprint density at radius 2 is 1.95 bits per heavy atom. The second-order valence-corrected chi connectivity index (χ2v) is 4.57. The fourth-order valence-electron chi connectivity index (χ4n) is 1.76. The largest absolute Gasteiger partial charge is 0.439 e. The highest BCUT2D eigenvalue weighted by atomic mass is 16.5. The molecule has 1 aromatic carbocycles. The highest BCUT2D eigenvalue weighted by Crippen LogP contribution is 2.23. The van der Waals surface area contributed by atoms with Crippen molar-refractivity contribution in [3.63, 3.8) is 0 Å². The molecule has 0 radical (unpaired) electrons. The first-order chi connectivity index (χ1) is 9.19. The smallest absolute Gasteiger partial charge is 0.226 e. The van der Waals surface area contributed by atoms with E-state index in [1.54, 1.807) is 6.20 Å². The van der Waals surface area contributed by atoms with Gasteiger partial charge in [-0.2, -0.15) is 4.98 Å². The number of hydrogen-bond donors (Lipinski definition) is 1. The van der Waals surface area contributed by atoms with Gasteiger partial charge in [0.2, 0.25) is 11.8 Å². The predicted octanol–water partition coefficient (Wildman–Crippen LogP) is 3.50. The van der Waals surface area contributed by atoms with Gasteiger partial charge >= 0.3 is 0 Å². The minimum atomic E-state index is 0.222. The van der Waals surface area contributed by atoms with Gasteiger partial charge < -0.3 is 10.5 Å². The van der Waals surface area contributed by atoms with E-state index in [1.165, 1.54) is 18.4 Å². The summed E-state index contributed by atoms with van der Waals surface area (Å²) in [6.07, 6.45) is 5.18. The van der Waals surface area contributed by atoms with Gasteiger partial charge in [-0.15, -0.1) is 0 Å². The van der Waals surface area contributed by atoms with Crippen LogP contribution < -0.4 is 10.5 Å². The van der Waals surface area contributed by atoms with Gasteiger partial charge in [0.15, 0.2) is 0 Å². The molecule has 100 valence electrons. The fraction of sp³-hybridized carbons (Fsp3) is 0.333. The molecule has 1 aromatic heterocycles. The van der Waals surface area contributed by atoms with E-state index < -0.39 is 0 Å². The Labute approximate surface area is 113 Å². The molecule has 4 nitrogen and oxygen atoms in total. The number of rotatable bonds is 5. The Morgan fingerprint density at radius 1 is 1.21 bits per heavy atom. The topological polar surface area (TPSA) is 61.0 Å². The summed E-state index contributed by atoms with van der Waals surface area (Å²) in [5, 5.41) is 0. The quantitative estimate of drug-likeness (QED) is 0.890. The van der Waals surface area contributed by atoms with Crippen molar-refractivity contribution in [1.82, 2.24) is 9.97 Å². The molecule has 0 atom stereocenters. The number of nitrogens with two attached hydrogens (primary N) is 1. The lowest BCUT2D eigenvalue weighted by Gasteiger charge is -2.08. The van der Waals surface area contributed by atoms with Crippen LogP contribution >= 0.6 is 0 Å². The van der Waals surface area contributed by atoms with Gasteiger partial charge in [0, 0.05) is 11.8 Å². The third-order valence-corrected chi connectivity index (χ3v) is 2.90. The maximum absolute atomic E-state index is 5.72. The zero-order valence-corrected chi connectivity index (χ0v) is 11.4. The molecular weight excluding hydrogens is 238 g/mol. The number of nitrogens with zero attached hydrogens (tertiary/aromatic N) is 2. The third kappa shape index (κ3) is 3.68. The Balaban J connectivity index is 2.08. The molecule has 0 aliphatic carbocycles. The van der Waals surface area contributed by atoms with Crippen molar-refractivity contribution in [1.29, 1.82) is 0 Å². The highest BCUT2D eigenvalue weighted by molar-refractivity contribution is 5.35. The van der Waals surface area contributed by atoms with Crippen molar-refractivity contribution in [2.75, 3.05) is 5.73 Å². The zero-order valence-electron chi connectivity index (χ0n) is 11.4. The molecule has 0 spiro atoms. The molecule has 0 fully saturated rings. The van der Waals surface area contributed by atoms with E-state index in [0.29, 0.717) is 5.88 Å². The second-order valence-electron chi connectivity index (χ2n) is 4.57. The number of nitrogen functional groups attached to an aromatic ring is 1. The normalized spacial score (nSPS) is 10.4. The summed E-state index contributed by atoms with van der Waals surface area (Å²) in [4.78, 5) is 8.00. The van der Waals surface area contributed by atoms with Crippen molar-refractivity contribution in [2.45, 2.75) is 33.1 Å². The molecule has 0 aliphatic rings. The minimum absolute atomic E-state index is 0.222. The molecule has 0 amide bonds. The summed E-state index contributed by atoms with van der Waals surface area (Å²) in [7, 11) is 0. The van der Waals surface area contributed by atoms with Crippen LogP contribution in [0.4, 0.5) is 5.95 Å². The summed E-state index contributed by atoms with van der Waals surface area (Å²) < 4.78 is 5.72. The van der Waals surface area contributed by atoms with Crippen molar-refractivity contribution >= 4 is 5.95 Å². The first kappa shape index (κ1) is 13.3. The van der Waals surface area contributed by atoms with Crippen LogP contribution in [0.3, 0.4) is 0 Å². The van der Waals surface area contributed by atoms with Gasteiger partial charge in [-0.25, -0.2) is 4.98 Å². The van der Waals surface area contributed by atoms with Crippen LogP contribution in [0.5, 0.6) is 11.6 Å². The Morgan fingerprint density at radius 3 is 2.63 bits per heavy atom. The lowest BCUT2D eigenvalue weighted by atomic mass is 10.1. The summed E-state index contributed by atoms with van der Waals surface area (Å²) in [6.45, 7) is 4.09. The number of anilines is 1. The van der Waals surface area contributed by atoms with Gasteiger partial charge in [-0.1, -0.05) is 25.5 Å². The van der Waals surface area contributed by atoms with Gasteiger partial charge in [0.1, 0.15) is 5.75 Å². The van der Waals surface area contributed by atoms with Crippen LogP contribution in [0.15, 0.2) is 30.5 Å². The lowest BCUT2D eigenvalue weighted by molar-refractivity contribution is 0.458. The van der Waals surface area contributed by atoms with E-state index in [4.69, 9.17) is 10.5 Å². The van der Waals surface area contributed by atoms with Gasteiger partial charge in [-0.05, 0) is 37.5 Å². The molecule has 19 heavy (non-hydrogen) atoms. The van der Waals surface area contributed by atoms with Crippen LogP contribution in [-0.2, 0) is 6.42 Å². The maximum Gasteiger partial charge on any atom is 0.226 e. The van der Waals surface area contributed by atoms with Crippen LogP contribution in [0.2, 0.25) is 0 Å². The Bertz CT molecular complexity index is 538. The van der Waals surface area contributed by atoms with Crippen molar-refractivity contribution < 1.29 is 4.74 Å². The molecule has 0 saturated carbocycles. The average Bonchev–Trinajstić information content (AvgIpc) is 2.42. The molecular formula is C15H19N3O. The predicted molar refractivity (Wildman–Crippen MR) is 76.3 cm³/mol. The molecule has 0 bridgehead atoms. The number of aryl methyl sites for hydroxylation is 2. The summed E-state index contributed by atoms with van der Waals surface area (Å²) in [6, 6.07) is 8.10. The maximum atomic E-state index is 5.72. The van der Waals surface area contributed by atoms with Crippen molar-refractivity contribution in [2.24, 2.45) is 0 Å². The fourth-order valence-corrected chi connectivity index (χ4v) is 1.76. The van der Waals surface area contributed by atoms with Crippen molar-refractivity contribution in [3.05, 3.63) is 41.6 Å². The SMILES string of the molecule is CCCCc1ccc(Oc2nc(N)ncc2C)cc1. The molecule has 0 unspecified atom stereocenters. The molecule has 0 aliphatic heterocycles. The zero-order chi connectivity index (χ0) is 13.7. The highest BCUT2D eigenvalue weighted by Gasteiger charge is 2.04. The van der Waals surface area contributed by atoms with E-state index in [0.717, 1.165) is 17.7 Å². The second kappa shape index (κ2) is 6.18.